The Kier molecular flexibility index (Phi) is 5.87. The standard InChI is InChI=1S/C17H19BrN4O3S/c1-9-4-10(6-11(5-9)20-17(24)25)12-2-3-19-7-13(12)21-15(23)14-8-26-16(18)22-14/h2-3,7-11,20H,4-6H2,1H3,(H,21,23)(H,24,25)/t9-,10+,11-/m0/s1. The lowest BCUT2D eigenvalue weighted by Gasteiger charge is -2.34. The average Bonchev–Trinajstić information content (AvgIpc) is 3.01. The number of pyridine rings is 1. The normalized spacial score (nSPS) is 22.6. The Morgan fingerprint density at radius 1 is 1.35 bits per heavy atom. The van der Waals surface area contributed by atoms with E-state index in [-0.39, 0.29) is 17.9 Å². The van der Waals surface area contributed by atoms with Crippen LogP contribution >= 0.6 is 27.3 Å². The second kappa shape index (κ2) is 8.13. The van der Waals surface area contributed by atoms with Gasteiger partial charge in [-0.2, -0.15) is 0 Å². The second-order valence-electron chi connectivity index (χ2n) is 6.56. The first-order chi connectivity index (χ1) is 12.4. The molecule has 2 amide bonds. The minimum atomic E-state index is -1.000. The van der Waals surface area contributed by atoms with E-state index in [0.717, 1.165) is 18.4 Å². The molecule has 9 heteroatoms. The molecular formula is C17H19BrN4O3S. The molecule has 0 radical (unpaired) electrons. The van der Waals surface area contributed by atoms with Gasteiger partial charge in [0.25, 0.3) is 5.91 Å². The zero-order valence-corrected chi connectivity index (χ0v) is 16.5. The highest BCUT2D eigenvalue weighted by Gasteiger charge is 2.30. The molecule has 1 aliphatic rings. The highest BCUT2D eigenvalue weighted by molar-refractivity contribution is 9.11. The number of aromatic nitrogens is 2. The molecule has 2 aromatic rings. The fourth-order valence-electron chi connectivity index (χ4n) is 3.56. The van der Waals surface area contributed by atoms with E-state index >= 15 is 0 Å². The van der Waals surface area contributed by atoms with Gasteiger partial charge in [-0.25, -0.2) is 9.78 Å². The second-order valence-corrected chi connectivity index (χ2v) is 8.69. The van der Waals surface area contributed by atoms with E-state index in [2.05, 4.69) is 43.5 Å². The molecule has 3 atom stereocenters. The van der Waals surface area contributed by atoms with Gasteiger partial charge in [-0.3, -0.25) is 9.78 Å². The summed E-state index contributed by atoms with van der Waals surface area (Å²) in [6, 6.07) is 1.81. The first-order valence-electron chi connectivity index (χ1n) is 8.28. The van der Waals surface area contributed by atoms with Gasteiger partial charge in [-0.1, -0.05) is 6.92 Å². The van der Waals surface area contributed by atoms with E-state index in [4.69, 9.17) is 5.11 Å². The first kappa shape index (κ1) is 18.8. The third-order valence-corrected chi connectivity index (χ3v) is 5.89. The zero-order valence-electron chi connectivity index (χ0n) is 14.1. The Morgan fingerprint density at radius 2 is 2.15 bits per heavy atom. The number of carbonyl (C=O) groups is 2. The van der Waals surface area contributed by atoms with Crippen molar-refractivity contribution in [1.29, 1.82) is 0 Å². The van der Waals surface area contributed by atoms with Crippen molar-refractivity contribution in [1.82, 2.24) is 15.3 Å². The number of nitrogens with one attached hydrogen (secondary N) is 2. The Bertz CT molecular complexity index is 813. The molecule has 0 unspecified atom stereocenters. The van der Waals surface area contributed by atoms with Crippen LogP contribution in [0.25, 0.3) is 0 Å². The van der Waals surface area contributed by atoms with E-state index in [1.807, 2.05) is 6.07 Å². The molecule has 0 aliphatic heterocycles. The van der Waals surface area contributed by atoms with Gasteiger partial charge in [0.05, 0.1) is 11.9 Å². The van der Waals surface area contributed by atoms with Crippen LogP contribution < -0.4 is 10.6 Å². The van der Waals surface area contributed by atoms with Crippen LogP contribution in [0.3, 0.4) is 0 Å². The van der Waals surface area contributed by atoms with Gasteiger partial charge in [0.2, 0.25) is 0 Å². The maximum absolute atomic E-state index is 12.4. The van der Waals surface area contributed by atoms with E-state index in [1.165, 1.54) is 11.3 Å². The van der Waals surface area contributed by atoms with Gasteiger partial charge < -0.3 is 15.7 Å². The maximum Gasteiger partial charge on any atom is 0.404 e. The highest BCUT2D eigenvalue weighted by atomic mass is 79.9. The third-order valence-electron chi connectivity index (χ3n) is 4.52. The van der Waals surface area contributed by atoms with E-state index in [9.17, 15) is 9.59 Å². The molecular weight excluding hydrogens is 420 g/mol. The minimum Gasteiger partial charge on any atom is -0.465 e. The Hall–Kier alpha value is -2.00. The molecule has 1 saturated carbocycles. The number of nitrogens with zero attached hydrogens (tertiary/aromatic N) is 2. The molecule has 3 N–H and O–H groups in total. The number of rotatable bonds is 4. The van der Waals surface area contributed by atoms with E-state index < -0.39 is 6.09 Å². The lowest BCUT2D eigenvalue weighted by Crippen LogP contribution is -2.39. The van der Waals surface area contributed by atoms with E-state index in [1.54, 1.807) is 17.8 Å². The number of hydrogen-bond donors (Lipinski definition) is 3. The minimum absolute atomic E-state index is 0.0903. The molecule has 2 heterocycles. The van der Waals surface area contributed by atoms with Crippen molar-refractivity contribution in [2.75, 3.05) is 5.32 Å². The third kappa shape index (κ3) is 4.59. The van der Waals surface area contributed by atoms with Crippen LogP contribution in [0.1, 0.15) is 48.2 Å². The largest absolute Gasteiger partial charge is 0.465 e. The number of hydrogen-bond acceptors (Lipinski definition) is 5. The zero-order chi connectivity index (χ0) is 18.7. The van der Waals surface area contributed by atoms with Gasteiger partial charge >= 0.3 is 6.09 Å². The number of anilines is 1. The van der Waals surface area contributed by atoms with Gasteiger partial charge in [-0.15, -0.1) is 11.3 Å². The van der Waals surface area contributed by atoms with Gasteiger partial charge in [0.1, 0.15) is 5.69 Å². The molecule has 138 valence electrons. The summed E-state index contributed by atoms with van der Waals surface area (Å²) in [6.45, 7) is 2.12. The van der Waals surface area contributed by atoms with Gasteiger partial charge in [-0.05, 0) is 58.7 Å². The van der Waals surface area contributed by atoms with Crippen LogP contribution in [-0.4, -0.2) is 33.1 Å². The quantitative estimate of drug-likeness (QED) is 0.666. The number of amides is 2. The van der Waals surface area contributed by atoms with E-state index in [0.29, 0.717) is 27.6 Å². The number of carbonyl (C=O) groups excluding carboxylic acids is 1. The smallest absolute Gasteiger partial charge is 0.404 e. The summed E-state index contributed by atoms with van der Waals surface area (Å²) in [5.41, 5.74) is 1.97. The lowest BCUT2D eigenvalue weighted by atomic mass is 9.76. The molecule has 7 nitrogen and oxygen atoms in total. The molecule has 1 fully saturated rings. The van der Waals surface area contributed by atoms with Crippen molar-refractivity contribution in [2.24, 2.45) is 5.92 Å². The summed E-state index contributed by atoms with van der Waals surface area (Å²) >= 11 is 4.60. The molecule has 3 rings (SSSR count). The molecule has 2 aromatic heterocycles. The molecule has 0 saturated heterocycles. The molecule has 0 spiro atoms. The van der Waals surface area contributed by atoms with Crippen molar-refractivity contribution in [3.8, 4) is 0 Å². The van der Waals surface area contributed by atoms with Crippen LogP contribution in [0.2, 0.25) is 0 Å². The SMILES string of the molecule is C[C@@H]1C[C@H](NC(=O)O)C[C@H](c2ccncc2NC(=O)c2csc(Br)n2)C1. The van der Waals surface area contributed by atoms with Crippen LogP contribution in [0, 0.1) is 5.92 Å². The Labute approximate surface area is 163 Å². The summed E-state index contributed by atoms with van der Waals surface area (Å²) in [5, 5.41) is 16.2. The fourth-order valence-corrected chi connectivity index (χ4v) is 4.55. The molecule has 1 aliphatic carbocycles. The van der Waals surface area contributed by atoms with Crippen LogP contribution in [-0.2, 0) is 0 Å². The fraction of sp³-hybridized carbons (Fsp3) is 0.412. The van der Waals surface area contributed by atoms with Crippen LogP contribution in [0.15, 0.2) is 27.8 Å². The average molecular weight is 439 g/mol. The first-order valence-corrected chi connectivity index (χ1v) is 9.95. The van der Waals surface area contributed by atoms with Crippen molar-refractivity contribution in [2.45, 2.75) is 38.1 Å². The molecule has 0 bridgehead atoms. The monoisotopic (exact) mass is 438 g/mol. The summed E-state index contributed by atoms with van der Waals surface area (Å²) in [6.07, 6.45) is 4.79. The number of thiazole rings is 1. The predicted molar refractivity (Wildman–Crippen MR) is 103 cm³/mol. The number of carboxylic acid groups (broad SMARTS) is 1. The topological polar surface area (TPSA) is 104 Å². The summed E-state index contributed by atoms with van der Waals surface area (Å²) in [7, 11) is 0. The van der Waals surface area contributed by atoms with Crippen LogP contribution in [0.5, 0.6) is 0 Å². The van der Waals surface area contributed by atoms with Crippen LogP contribution in [0.4, 0.5) is 10.5 Å². The molecule has 0 aromatic carbocycles. The van der Waals surface area contributed by atoms with Crippen molar-refractivity contribution in [3.63, 3.8) is 0 Å². The van der Waals surface area contributed by atoms with Crippen molar-refractivity contribution < 1.29 is 14.7 Å². The highest BCUT2D eigenvalue weighted by Crippen LogP contribution is 2.39. The van der Waals surface area contributed by atoms with Gasteiger partial charge in [0.15, 0.2) is 3.92 Å². The maximum atomic E-state index is 12.4. The summed E-state index contributed by atoms with van der Waals surface area (Å²) in [4.78, 5) is 31.7. The lowest BCUT2D eigenvalue weighted by molar-refractivity contribution is 0.102. The number of halogens is 1. The van der Waals surface area contributed by atoms with Crippen molar-refractivity contribution in [3.05, 3.63) is 39.0 Å². The summed E-state index contributed by atoms with van der Waals surface area (Å²) in [5.74, 6) is 0.248. The predicted octanol–water partition coefficient (Wildman–Crippen LogP) is 4.09. The molecule has 26 heavy (non-hydrogen) atoms. The van der Waals surface area contributed by atoms with Gasteiger partial charge in [0, 0.05) is 17.6 Å². The Morgan fingerprint density at radius 3 is 2.85 bits per heavy atom. The Balaban J connectivity index is 1.79. The van der Waals surface area contributed by atoms with Crippen molar-refractivity contribution >= 4 is 45.0 Å². The summed E-state index contributed by atoms with van der Waals surface area (Å²) < 4.78 is 0.651.